The molecule has 0 saturated carbocycles. The molecule has 3 rings (SSSR count). The van der Waals surface area contributed by atoms with Gasteiger partial charge in [0.05, 0.1) is 12.5 Å². The molecule has 0 bridgehead atoms. The minimum absolute atomic E-state index is 0.0258. The Kier molecular flexibility index (Phi) is 4.69. The molecule has 0 saturated heterocycles. The zero-order chi connectivity index (χ0) is 16.2. The van der Waals surface area contributed by atoms with Crippen LogP contribution >= 0.6 is 0 Å². The van der Waals surface area contributed by atoms with Gasteiger partial charge in [-0.05, 0) is 31.4 Å². The molecule has 1 amide bonds. The first-order valence-electron chi connectivity index (χ1n) is 8.10. The zero-order valence-electron chi connectivity index (χ0n) is 13.3. The molecular formula is C17H21FN4O. The maximum absolute atomic E-state index is 13.6. The number of carbonyl (C=O) groups excluding carboxylic acids is 1. The largest absolute Gasteiger partial charge is 0.346 e. The molecule has 5 nitrogen and oxygen atoms in total. The van der Waals surface area contributed by atoms with Gasteiger partial charge in [0, 0.05) is 13.0 Å². The summed E-state index contributed by atoms with van der Waals surface area (Å²) in [6.45, 7) is 2.78. The highest BCUT2D eigenvalue weighted by Crippen LogP contribution is 2.18. The summed E-state index contributed by atoms with van der Waals surface area (Å²) in [6, 6.07) is 6.10. The van der Waals surface area contributed by atoms with Crippen molar-refractivity contribution in [2.24, 2.45) is 0 Å². The van der Waals surface area contributed by atoms with Gasteiger partial charge in [-0.2, -0.15) is 0 Å². The maximum Gasteiger partial charge on any atom is 0.225 e. The van der Waals surface area contributed by atoms with Crippen LogP contribution in [-0.2, 0) is 24.2 Å². The van der Waals surface area contributed by atoms with E-state index >= 15 is 0 Å². The molecule has 2 heterocycles. The molecule has 6 heteroatoms. The lowest BCUT2D eigenvalue weighted by molar-refractivity contribution is -0.121. The highest BCUT2D eigenvalue weighted by Gasteiger charge is 2.20. The lowest BCUT2D eigenvalue weighted by atomic mass is 10.1. The highest BCUT2D eigenvalue weighted by molar-refractivity contribution is 5.78. The summed E-state index contributed by atoms with van der Waals surface area (Å²) in [7, 11) is 0. The quantitative estimate of drug-likeness (QED) is 0.943. The fraction of sp³-hybridized carbons (Fsp3) is 0.471. The van der Waals surface area contributed by atoms with E-state index in [0.717, 1.165) is 37.5 Å². The number of hydrogen-bond acceptors (Lipinski definition) is 3. The van der Waals surface area contributed by atoms with Crippen LogP contribution in [0.3, 0.4) is 0 Å². The Morgan fingerprint density at radius 3 is 2.96 bits per heavy atom. The Morgan fingerprint density at radius 2 is 2.13 bits per heavy atom. The summed E-state index contributed by atoms with van der Waals surface area (Å²) in [5.41, 5.74) is 0.400. The van der Waals surface area contributed by atoms with Crippen molar-refractivity contribution in [2.45, 2.75) is 51.6 Å². The predicted octanol–water partition coefficient (Wildman–Crippen LogP) is 2.56. The third kappa shape index (κ3) is 3.57. The van der Waals surface area contributed by atoms with Crippen molar-refractivity contribution in [3.63, 3.8) is 0 Å². The second-order valence-corrected chi connectivity index (χ2v) is 5.99. The molecule has 23 heavy (non-hydrogen) atoms. The smallest absolute Gasteiger partial charge is 0.225 e. The zero-order valence-corrected chi connectivity index (χ0v) is 13.3. The van der Waals surface area contributed by atoms with Gasteiger partial charge in [-0.15, -0.1) is 10.2 Å². The second kappa shape index (κ2) is 6.89. The van der Waals surface area contributed by atoms with Crippen molar-refractivity contribution in [3.05, 3.63) is 47.3 Å². The summed E-state index contributed by atoms with van der Waals surface area (Å²) in [4.78, 5) is 12.2. The second-order valence-electron chi connectivity index (χ2n) is 5.99. The van der Waals surface area contributed by atoms with Gasteiger partial charge < -0.3 is 9.88 Å². The van der Waals surface area contributed by atoms with Crippen molar-refractivity contribution in [2.75, 3.05) is 0 Å². The molecule has 1 aromatic carbocycles. The van der Waals surface area contributed by atoms with Crippen LogP contribution < -0.4 is 5.32 Å². The molecule has 2 aromatic rings. The summed E-state index contributed by atoms with van der Waals surface area (Å²) in [6.07, 6.45) is 4.39. The van der Waals surface area contributed by atoms with Crippen molar-refractivity contribution in [1.82, 2.24) is 20.1 Å². The summed E-state index contributed by atoms with van der Waals surface area (Å²) in [5, 5.41) is 11.4. The molecule has 0 spiro atoms. The van der Waals surface area contributed by atoms with E-state index in [9.17, 15) is 9.18 Å². The fourth-order valence-electron chi connectivity index (χ4n) is 3.00. The number of amides is 1. The van der Waals surface area contributed by atoms with Crippen molar-refractivity contribution in [1.29, 1.82) is 0 Å². The van der Waals surface area contributed by atoms with Gasteiger partial charge in [0.1, 0.15) is 11.6 Å². The van der Waals surface area contributed by atoms with Gasteiger partial charge in [0.2, 0.25) is 5.91 Å². The van der Waals surface area contributed by atoms with Gasteiger partial charge in [0.15, 0.2) is 5.82 Å². The Morgan fingerprint density at radius 1 is 1.30 bits per heavy atom. The number of halogens is 1. The molecule has 1 aliphatic heterocycles. The van der Waals surface area contributed by atoms with E-state index in [1.165, 1.54) is 12.5 Å². The van der Waals surface area contributed by atoms with Gasteiger partial charge >= 0.3 is 0 Å². The van der Waals surface area contributed by atoms with Crippen molar-refractivity contribution < 1.29 is 9.18 Å². The van der Waals surface area contributed by atoms with Gasteiger partial charge in [-0.1, -0.05) is 24.6 Å². The van der Waals surface area contributed by atoms with Crippen LogP contribution in [0, 0.1) is 5.82 Å². The monoisotopic (exact) mass is 316 g/mol. The molecule has 122 valence electrons. The van der Waals surface area contributed by atoms with Crippen LogP contribution in [0.4, 0.5) is 4.39 Å². The van der Waals surface area contributed by atoms with E-state index in [1.54, 1.807) is 18.2 Å². The van der Waals surface area contributed by atoms with E-state index in [-0.39, 0.29) is 24.2 Å². The standard InChI is InChI=1S/C17H21FN4O/c1-12(17-21-20-15-9-3-2-6-10-22(15)17)19-16(23)11-13-7-4-5-8-14(13)18/h4-5,7-8,12H,2-3,6,9-11H2,1H3,(H,19,23)/t12-/m0/s1. The molecule has 1 atom stereocenters. The number of benzene rings is 1. The number of nitrogens with zero attached hydrogens (tertiary/aromatic N) is 3. The Balaban J connectivity index is 1.67. The molecule has 0 aliphatic carbocycles. The predicted molar refractivity (Wildman–Crippen MR) is 84.2 cm³/mol. The normalized spacial score (nSPS) is 15.6. The van der Waals surface area contributed by atoms with E-state index in [2.05, 4.69) is 20.1 Å². The molecule has 0 unspecified atom stereocenters. The number of carbonyl (C=O) groups is 1. The summed E-state index contributed by atoms with van der Waals surface area (Å²) in [5.74, 6) is 1.21. The van der Waals surface area contributed by atoms with Gasteiger partial charge in [0.25, 0.3) is 0 Å². The number of fused-ring (bicyclic) bond motifs is 1. The highest BCUT2D eigenvalue weighted by atomic mass is 19.1. The number of hydrogen-bond donors (Lipinski definition) is 1. The summed E-state index contributed by atoms with van der Waals surface area (Å²) < 4.78 is 15.7. The van der Waals surface area contributed by atoms with Crippen LogP contribution in [0.2, 0.25) is 0 Å². The molecule has 1 aliphatic rings. The number of aryl methyl sites for hydroxylation is 1. The Labute approximate surface area is 134 Å². The van der Waals surface area contributed by atoms with Crippen LogP contribution in [0.5, 0.6) is 0 Å². The first-order valence-corrected chi connectivity index (χ1v) is 8.10. The van der Waals surface area contributed by atoms with Crippen LogP contribution in [0.15, 0.2) is 24.3 Å². The van der Waals surface area contributed by atoms with Crippen LogP contribution in [-0.4, -0.2) is 20.7 Å². The van der Waals surface area contributed by atoms with E-state index in [1.807, 2.05) is 6.92 Å². The van der Waals surface area contributed by atoms with Gasteiger partial charge in [-0.25, -0.2) is 4.39 Å². The molecule has 0 fully saturated rings. The Bertz CT molecular complexity index is 698. The third-order valence-corrected chi connectivity index (χ3v) is 4.21. The minimum atomic E-state index is -0.355. The average Bonchev–Trinajstić information content (AvgIpc) is 2.79. The van der Waals surface area contributed by atoms with E-state index in [4.69, 9.17) is 0 Å². The molecule has 0 radical (unpaired) electrons. The van der Waals surface area contributed by atoms with E-state index in [0.29, 0.717) is 5.56 Å². The molecule has 1 aromatic heterocycles. The molecule has 1 N–H and O–H groups in total. The lowest BCUT2D eigenvalue weighted by Gasteiger charge is -2.15. The van der Waals surface area contributed by atoms with Crippen LogP contribution in [0.25, 0.3) is 0 Å². The average molecular weight is 316 g/mol. The molecular weight excluding hydrogens is 295 g/mol. The number of nitrogens with one attached hydrogen (secondary N) is 1. The van der Waals surface area contributed by atoms with Crippen LogP contribution in [0.1, 0.15) is 49.4 Å². The number of rotatable bonds is 4. The fourth-order valence-corrected chi connectivity index (χ4v) is 3.00. The van der Waals surface area contributed by atoms with Crippen molar-refractivity contribution >= 4 is 5.91 Å². The van der Waals surface area contributed by atoms with E-state index < -0.39 is 0 Å². The summed E-state index contributed by atoms with van der Waals surface area (Å²) >= 11 is 0. The minimum Gasteiger partial charge on any atom is -0.346 e. The maximum atomic E-state index is 13.6. The Hall–Kier alpha value is -2.24. The third-order valence-electron chi connectivity index (χ3n) is 4.21. The van der Waals surface area contributed by atoms with Gasteiger partial charge in [-0.3, -0.25) is 4.79 Å². The SMILES string of the molecule is C[C@H](NC(=O)Cc1ccccc1F)c1nnc2n1CCCCC2. The topological polar surface area (TPSA) is 59.8 Å². The first kappa shape index (κ1) is 15.6. The number of aromatic nitrogens is 3. The first-order chi connectivity index (χ1) is 11.1. The van der Waals surface area contributed by atoms with Crippen molar-refractivity contribution in [3.8, 4) is 0 Å². The lowest BCUT2D eigenvalue weighted by Crippen LogP contribution is -2.30.